The Morgan fingerprint density at radius 3 is 2.07 bits per heavy atom. The van der Waals surface area contributed by atoms with Crippen LogP contribution >= 0.6 is 0 Å². The van der Waals surface area contributed by atoms with Crippen molar-refractivity contribution in [3.05, 3.63) is 29.6 Å². The van der Waals surface area contributed by atoms with E-state index in [0.29, 0.717) is 18.1 Å². The maximum absolute atomic E-state index is 13.6. The molecule has 28 heavy (non-hydrogen) atoms. The molecular weight excluding hydrogens is 372 g/mol. The van der Waals surface area contributed by atoms with Crippen molar-refractivity contribution in [2.45, 2.75) is 70.9 Å². The quantitative estimate of drug-likeness (QED) is 0.317. The average molecular weight is 400 g/mol. The zero-order valence-corrected chi connectivity index (χ0v) is 16.2. The van der Waals surface area contributed by atoms with Crippen LogP contribution in [0.2, 0.25) is 0 Å². The summed E-state index contributed by atoms with van der Waals surface area (Å²) in [6, 6.07) is 2.25. The van der Waals surface area contributed by atoms with E-state index in [1.54, 1.807) is 0 Å². The first-order valence-corrected chi connectivity index (χ1v) is 10.4. The van der Waals surface area contributed by atoms with Crippen LogP contribution in [-0.2, 0) is 11.0 Å². The van der Waals surface area contributed by atoms with Crippen molar-refractivity contribution in [3.63, 3.8) is 0 Å². The molecule has 2 fully saturated rings. The number of ether oxygens (including phenoxy) is 1. The first-order chi connectivity index (χ1) is 13.3. The fourth-order valence-electron chi connectivity index (χ4n) is 4.88. The molecule has 0 radical (unpaired) electrons. The highest BCUT2D eigenvalue weighted by Gasteiger charge is 2.35. The average Bonchev–Trinajstić information content (AvgIpc) is 2.67. The molecule has 2 saturated carbocycles. The van der Waals surface area contributed by atoms with Gasteiger partial charge in [-0.3, -0.25) is 4.79 Å². The standard InChI is InChI=1S/C22H28F4O2/c1-2-14-3-5-15(6-4-14)16-7-9-17(10-8-16)21(27)28-18-11-12-19(20(23)13-18)22(24,25)26/h11-17H,2-10H2,1H3. The van der Waals surface area contributed by atoms with E-state index in [-0.39, 0.29) is 11.7 Å². The molecule has 0 saturated heterocycles. The lowest BCUT2D eigenvalue weighted by molar-refractivity contribution is -0.140. The van der Waals surface area contributed by atoms with E-state index in [9.17, 15) is 22.4 Å². The third-order valence-electron chi connectivity index (χ3n) is 6.70. The molecule has 1 aromatic carbocycles. The molecule has 2 aliphatic rings. The molecule has 0 N–H and O–H groups in total. The Morgan fingerprint density at radius 1 is 1.00 bits per heavy atom. The van der Waals surface area contributed by atoms with Gasteiger partial charge in [-0.05, 0) is 68.4 Å². The van der Waals surface area contributed by atoms with Crippen LogP contribution < -0.4 is 4.74 Å². The minimum atomic E-state index is -4.76. The fourth-order valence-corrected chi connectivity index (χ4v) is 4.88. The van der Waals surface area contributed by atoms with Crippen molar-refractivity contribution < 1.29 is 27.1 Å². The molecule has 3 rings (SSSR count). The molecule has 0 bridgehead atoms. The predicted octanol–water partition coefficient (Wildman–Crippen LogP) is 6.77. The van der Waals surface area contributed by atoms with E-state index >= 15 is 0 Å². The molecule has 0 heterocycles. The molecular formula is C22H28F4O2. The van der Waals surface area contributed by atoms with Gasteiger partial charge >= 0.3 is 12.1 Å². The molecule has 0 amide bonds. The summed E-state index contributed by atoms with van der Waals surface area (Å²) >= 11 is 0. The molecule has 1 aromatic rings. The van der Waals surface area contributed by atoms with Gasteiger partial charge in [0.2, 0.25) is 0 Å². The van der Waals surface area contributed by atoms with E-state index < -0.39 is 23.5 Å². The van der Waals surface area contributed by atoms with Crippen molar-refractivity contribution in [1.29, 1.82) is 0 Å². The minimum absolute atomic E-state index is 0.171. The van der Waals surface area contributed by atoms with E-state index in [2.05, 4.69) is 6.92 Å². The summed E-state index contributed by atoms with van der Waals surface area (Å²) < 4.78 is 56.7. The Morgan fingerprint density at radius 2 is 1.57 bits per heavy atom. The summed E-state index contributed by atoms with van der Waals surface area (Å²) in [6.45, 7) is 2.25. The summed E-state index contributed by atoms with van der Waals surface area (Å²) in [7, 11) is 0. The number of alkyl halides is 3. The summed E-state index contributed by atoms with van der Waals surface area (Å²) in [5.41, 5.74) is -1.36. The lowest BCUT2D eigenvalue weighted by Crippen LogP contribution is -2.30. The van der Waals surface area contributed by atoms with E-state index in [1.165, 1.54) is 32.1 Å². The predicted molar refractivity (Wildman–Crippen MR) is 98.2 cm³/mol. The largest absolute Gasteiger partial charge is 0.426 e. The second-order valence-corrected chi connectivity index (χ2v) is 8.36. The van der Waals surface area contributed by atoms with E-state index in [4.69, 9.17) is 4.74 Å². The highest BCUT2D eigenvalue weighted by molar-refractivity contribution is 5.75. The number of esters is 1. The highest BCUT2D eigenvalue weighted by Crippen LogP contribution is 2.42. The summed E-state index contributed by atoms with van der Waals surface area (Å²) in [5, 5.41) is 0. The summed E-state index contributed by atoms with van der Waals surface area (Å²) in [6.07, 6.45) is 5.13. The number of hydrogen-bond donors (Lipinski definition) is 0. The van der Waals surface area contributed by atoms with Crippen LogP contribution in [0.25, 0.3) is 0 Å². The number of benzene rings is 1. The van der Waals surface area contributed by atoms with E-state index in [0.717, 1.165) is 43.6 Å². The van der Waals surface area contributed by atoms with Crippen molar-refractivity contribution in [2.75, 3.05) is 0 Å². The van der Waals surface area contributed by atoms with Gasteiger partial charge in [-0.25, -0.2) is 4.39 Å². The van der Waals surface area contributed by atoms with Crippen LogP contribution in [0.15, 0.2) is 18.2 Å². The molecule has 2 aliphatic carbocycles. The highest BCUT2D eigenvalue weighted by atomic mass is 19.4. The van der Waals surface area contributed by atoms with Crippen LogP contribution in [0, 0.1) is 29.5 Å². The third kappa shape index (κ3) is 5.06. The first-order valence-electron chi connectivity index (χ1n) is 10.4. The van der Waals surface area contributed by atoms with Crippen LogP contribution in [-0.4, -0.2) is 5.97 Å². The topological polar surface area (TPSA) is 26.3 Å². The van der Waals surface area contributed by atoms with Gasteiger partial charge in [0.25, 0.3) is 0 Å². The Kier molecular flexibility index (Phi) is 6.66. The number of rotatable bonds is 4. The minimum Gasteiger partial charge on any atom is -0.426 e. The summed E-state index contributed by atoms with van der Waals surface area (Å²) in [5.74, 6) is -0.0403. The molecule has 0 atom stereocenters. The van der Waals surface area contributed by atoms with Gasteiger partial charge in [0.15, 0.2) is 0 Å². The number of carbonyl (C=O) groups excluding carboxylic acids is 1. The third-order valence-corrected chi connectivity index (χ3v) is 6.70. The van der Waals surface area contributed by atoms with Gasteiger partial charge in [0.05, 0.1) is 11.5 Å². The van der Waals surface area contributed by atoms with Gasteiger partial charge in [0, 0.05) is 6.07 Å². The SMILES string of the molecule is CCC1CCC(C2CCC(C(=O)Oc3ccc(C(F)(F)F)c(F)c3)CC2)CC1. The van der Waals surface area contributed by atoms with Gasteiger partial charge in [-0.1, -0.05) is 26.2 Å². The lowest BCUT2D eigenvalue weighted by Gasteiger charge is -2.37. The zero-order chi connectivity index (χ0) is 20.3. The molecule has 6 heteroatoms. The Hall–Kier alpha value is -1.59. The van der Waals surface area contributed by atoms with Crippen LogP contribution in [0.5, 0.6) is 5.75 Å². The number of hydrogen-bond acceptors (Lipinski definition) is 2. The van der Waals surface area contributed by atoms with Gasteiger partial charge < -0.3 is 4.74 Å². The normalized spacial score (nSPS) is 28.8. The van der Waals surface area contributed by atoms with Gasteiger partial charge in [-0.2, -0.15) is 13.2 Å². The Labute approximate surface area is 163 Å². The van der Waals surface area contributed by atoms with E-state index in [1.807, 2.05) is 0 Å². The lowest BCUT2D eigenvalue weighted by atomic mass is 9.69. The number of halogens is 4. The number of carbonyl (C=O) groups is 1. The molecule has 156 valence electrons. The molecule has 0 unspecified atom stereocenters. The molecule has 0 spiro atoms. The van der Waals surface area contributed by atoms with Gasteiger partial charge in [0.1, 0.15) is 11.6 Å². The Balaban J connectivity index is 1.50. The molecule has 0 aromatic heterocycles. The molecule has 2 nitrogen and oxygen atoms in total. The first kappa shape index (κ1) is 21.1. The van der Waals surface area contributed by atoms with Gasteiger partial charge in [-0.15, -0.1) is 0 Å². The fraction of sp³-hybridized carbons (Fsp3) is 0.682. The second kappa shape index (κ2) is 8.83. The summed E-state index contributed by atoms with van der Waals surface area (Å²) in [4.78, 5) is 12.4. The van der Waals surface area contributed by atoms with Crippen LogP contribution in [0.3, 0.4) is 0 Å². The van der Waals surface area contributed by atoms with Crippen molar-refractivity contribution in [2.24, 2.45) is 23.7 Å². The zero-order valence-electron chi connectivity index (χ0n) is 16.2. The Bertz CT molecular complexity index is 670. The smallest absolute Gasteiger partial charge is 0.419 e. The van der Waals surface area contributed by atoms with Crippen molar-refractivity contribution in [1.82, 2.24) is 0 Å². The molecule has 0 aliphatic heterocycles. The maximum atomic E-state index is 13.6. The maximum Gasteiger partial charge on any atom is 0.419 e. The second-order valence-electron chi connectivity index (χ2n) is 8.36. The van der Waals surface area contributed by atoms with Crippen molar-refractivity contribution in [3.8, 4) is 5.75 Å². The van der Waals surface area contributed by atoms with Crippen LogP contribution in [0.4, 0.5) is 17.6 Å². The van der Waals surface area contributed by atoms with Crippen molar-refractivity contribution >= 4 is 5.97 Å². The van der Waals surface area contributed by atoms with Crippen LogP contribution in [0.1, 0.15) is 70.3 Å². The monoisotopic (exact) mass is 400 g/mol.